The van der Waals surface area contributed by atoms with Gasteiger partial charge in [0.05, 0.1) is 0 Å². The van der Waals surface area contributed by atoms with Crippen LogP contribution >= 0.6 is 11.3 Å². The van der Waals surface area contributed by atoms with E-state index in [2.05, 4.69) is 22.1 Å². The Balaban J connectivity index is 1.66. The number of alkyl carbamates (subject to hydrolysis) is 1. The Hall–Kier alpha value is -1.81. The number of thiophene rings is 1. The number of carbonyl (C=O) groups excluding carboxylic acids is 1. The van der Waals surface area contributed by atoms with E-state index in [0.29, 0.717) is 6.61 Å². The number of hydrogen-bond acceptors (Lipinski definition) is 3. The molecule has 1 aromatic heterocycles. The number of hydrogen-bond donors (Lipinski definition) is 1. The molecule has 106 valence electrons. The maximum absolute atomic E-state index is 11.7. The van der Waals surface area contributed by atoms with E-state index in [-0.39, 0.29) is 12.1 Å². The van der Waals surface area contributed by atoms with Crippen LogP contribution < -0.4 is 5.32 Å². The number of ether oxygens (including phenoxy) is 1. The molecule has 1 N–H and O–H groups in total. The van der Waals surface area contributed by atoms with Crippen LogP contribution in [0.15, 0.2) is 47.2 Å². The van der Waals surface area contributed by atoms with Crippen molar-refractivity contribution in [3.8, 4) is 0 Å². The third-order valence-corrected chi connectivity index (χ3v) is 3.76. The van der Waals surface area contributed by atoms with E-state index in [4.69, 9.17) is 4.74 Å². The van der Waals surface area contributed by atoms with E-state index < -0.39 is 0 Å². The van der Waals surface area contributed by atoms with Crippen molar-refractivity contribution in [2.45, 2.75) is 32.4 Å². The maximum Gasteiger partial charge on any atom is 0.407 e. The summed E-state index contributed by atoms with van der Waals surface area (Å²) in [5.74, 6) is 0. The van der Waals surface area contributed by atoms with Gasteiger partial charge >= 0.3 is 6.09 Å². The van der Waals surface area contributed by atoms with Crippen molar-refractivity contribution < 1.29 is 9.53 Å². The number of carbonyl (C=O) groups is 1. The number of aryl methyl sites for hydroxylation is 1. The first-order valence-corrected chi connectivity index (χ1v) is 7.66. The average Bonchev–Trinajstić information content (AvgIpc) is 2.97. The quantitative estimate of drug-likeness (QED) is 0.873. The summed E-state index contributed by atoms with van der Waals surface area (Å²) in [7, 11) is 0. The second kappa shape index (κ2) is 7.70. The molecule has 1 amide bonds. The second-order valence-electron chi connectivity index (χ2n) is 4.78. The lowest BCUT2D eigenvalue weighted by Gasteiger charge is -2.13. The van der Waals surface area contributed by atoms with Gasteiger partial charge in [0.25, 0.3) is 0 Å². The van der Waals surface area contributed by atoms with Gasteiger partial charge in [0.2, 0.25) is 0 Å². The van der Waals surface area contributed by atoms with Crippen LogP contribution in [0.4, 0.5) is 4.79 Å². The molecule has 0 saturated heterocycles. The van der Waals surface area contributed by atoms with Crippen molar-refractivity contribution in [1.82, 2.24) is 5.32 Å². The number of benzene rings is 1. The Kier molecular flexibility index (Phi) is 5.62. The van der Waals surface area contributed by atoms with Gasteiger partial charge in [0.15, 0.2) is 0 Å². The topological polar surface area (TPSA) is 38.3 Å². The van der Waals surface area contributed by atoms with Gasteiger partial charge < -0.3 is 10.1 Å². The molecule has 0 bridgehead atoms. The van der Waals surface area contributed by atoms with Crippen molar-refractivity contribution in [2.24, 2.45) is 0 Å². The van der Waals surface area contributed by atoms with Crippen LogP contribution in [0, 0.1) is 0 Å². The fraction of sp³-hybridized carbons (Fsp3) is 0.312. The Morgan fingerprint density at radius 3 is 2.75 bits per heavy atom. The van der Waals surface area contributed by atoms with E-state index >= 15 is 0 Å². The largest absolute Gasteiger partial charge is 0.445 e. The molecule has 0 saturated carbocycles. The summed E-state index contributed by atoms with van der Waals surface area (Å²) in [4.78, 5) is 11.7. The van der Waals surface area contributed by atoms with Gasteiger partial charge in [-0.05, 0) is 47.7 Å². The molecule has 1 atom stereocenters. The molecular weight excluding hydrogens is 270 g/mol. The predicted octanol–water partition coefficient (Wildman–Crippen LogP) is 4.00. The monoisotopic (exact) mass is 289 g/mol. The molecule has 3 nitrogen and oxygen atoms in total. The molecule has 1 heterocycles. The van der Waals surface area contributed by atoms with E-state index in [0.717, 1.165) is 18.4 Å². The third-order valence-electron chi connectivity index (χ3n) is 3.02. The summed E-state index contributed by atoms with van der Waals surface area (Å²) >= 11 is 1.70. The molecule has 0 aliphatic carbocycles. The minimum atomic E-state index is -0.355. The van der Waals surface area contributed by atoms with E-state index in [9.17, 15) is 4.79 Å². The highest BCUT2D eigenvalue weighted by molar-refractivity contribution is 7.07. The van der Waals surface area contributed by atoms with Gasteiger partial charge in [-0.15, -0.1) is 0 Å². The molecule has 0 fully saturated rings. The van der Waals surface area contributed by atoms with Gasteiger partial charge in [-0.3, -0.25) is 0 Å². The molecule has 2 aromatic rings. The second-order valence-corrected chi connectivity index (χ2v) is 5.56. The van der Waals surface area contributed by atoms with Crippen LogP contribution in [0.3, 0.4) is 0 Å². The Morgan fingerprint density at radius 2 is 2.05 bits per heavy atom. The third kappa shape index (κ3) is 5.05. The molecule has 0 aliphatic rings. The van der Waals surface area contributed by atoms with Crippen molar-refractivity contribution in [3.05, 3.63) is 58.3 Å². The maximum atomic E-state index is 11.7. The van der Waals surface area contributed by atoms with E-state index in [1.165, 1.54) is 5.56 Å². The summed E-state index contributed by atoms with van der Waals surface area (Å²) in [6, 6.07) is 11.9. The van der Waals surface area contributed by atoms with Gasteiger partial charge in [-0.1, -0.05) is 30.3 Å². The molecule has 20 heavy (non-hydrogen) atoms. The minimum absolute atomic E-state index is 0.109. The van der Waals surface area contributed by atoms with Gasteiger partial charge in [-0.2, -0.15) is 11.3 Å². The zero-order valence-electron chi connectivity index (χ0n) is 11.5. The van der Waals surface area contributed by atoms with Crippen LogP contribution in [0.25, 0.3) is 0 Å². The van der Waals surface area contributed by atoms with Crippen molar-refractivity contribution in [3.63, 3.8) is 0 Å². The van der Waals surface area contributed by atoms with Gasteiger partial charge in [0, 0.05) is 6.04 Å². The number of amides is 1. The standard InChI is InChI=1S/C16H19NO2S/c1-13(7-8-15-9-10-20-12-15)17-16(18)19-11-14-5-3-2-4-6-14/h2-6,9-10,12-13H,7-8,11H2,1H3,(H,17,18). The molecule has 0 aliphatic heterocycles. The summed E-state index contributed by atoms with van der Waals surface area (Å²) < 4.78 is 5.19. The van der Waals surface area contributed by atoms with Crippen LogP contribution in [-0.2, 0) is 17.8 Å². The lowest BCUT2D eigenvalue weighted by molar-refractivity contribution is 0.136. The molecule has 0 radical (unpaired) electrons. The first kappa shape index (κ1) is 14.6. The Morgan fingerprint density at radius 1 is 1.25 bits per heavy atom. The highest BCUT2D eigenvalue weighted by Crippen LogP contribution is 2.09. The number of nitrogens with one attached hydrogen (secondary N) is 1. The molecule has 1 unspecified atom stereocenters. The zero-order chi connectivity index (χ0) is 14.2. The van der Waals surface area contributed by atoms with Crippen LogP contribution in [-0.4, -0.2) is 12.1 Å². The minimum Gasteiger partial charge on any atom is -0.445 e. The SMILES string of the molecule is CC(CCc1ccsc1)NC(=O)OCc1ccccc1. The zero-order valence-corrected chi connectivity index (χ0v) is 12.4. The van der Waals surface area contributed by atoms with E-state index in [1.807, 2.05) is 37.3 Å². The normalized spacial score (nSPS) is 11.8. The summed E-state index contributed by atoms with van der Waals surface area (Å²) in [6.07, 6.45) is 1.53. The predicted molar refractivity (Wildman–Crippen MR) is 81.9 cm³/mol. The van der Waals surface area contributed by atoms with Crippen molar-refractivity contribution in [1.29, 1.82) is 0 Å². The number of rotatable bonds is 6. The molecule has 2 rings (SSSR count). The summed E-state index contributed by atoms with van der Waals surface area (Å²) in [5, 5.41) is 7.07. The smallest absolute Gasteiger partial charge is 0.407 e. The lowest BCUT2D eigenvalue weighted by Crippen LogP contribution is -2.33. The molecular formula is C16H19NO2S. The Labute approximate surface area is 123 Å². The summed E-state index contributed by atoms with van der Waals surface area (Å²) in [5.41, 5.74) is 2.31. The highest BCUT2D eigenvalue weighted by atomic mass is 32.1. The molecule has 1 aromatic carbocycles. The van der Waals surface area contributed by atoms with Crippen LogP contribution in [0.5, 0.6) is 0 Å². The van der Waals surface area contributed by atoms with Gasteiger partial charge in [-0.25, -0.2) is 4.79 Å². The molecule has 0 spiro atoms. The lowest BCUT2D eigenvalue weighted by atomic mass is 10.1. The fourth-order valence-electron chi connectivity index (χ4n) is 1.86. The highest BCUT2D eigenvalue weighted by Gasteiger charge is 2.08. The van der Waals surface area contributed by atoms with E-state index in [1.54, 1.807) is 11.3 Å². The van der Waals surface area contributed by atoms with Crippen molar-refractivity contribution >= 4 is 17.4 Å². The van der Waals surface area contributed by atoms with Crippen LogP contribution in [0.2, 0.25) is 0 Å². The summed E-state index contributed by atoms with van der Waals surface area (Å²) in [6.45, 7) is 2.31. The first-order chi connectivity index (χ1) is 9.74. The van der Waals surface area contributed by atoms with Crippen LogP contribution in [0.1, 0.15) is 24.5 Å². The molecule has 4 heteroatoms. The fourth-order valence-corrected chi connectivity index (χ4v) is 2.56. The average molecular weight is 289 g/mol. The Bertz CT molecular complexity index is 511. The first-order valence-electron chi connectivity index (χ1n) is 6.72. The van der Waals surface area contributed by atoms with Crippen molar-refractivity contribution in [2.75, 3.05) is 0 Å². The van der Waals surface area contributed by atoms with Gasteiger partial charge in [0.1, 0.15) is 6.61 Å².